The van der Waals surface area contributed by atoms with Crippen molar-refractivity contribution in [3.8, 4) is 0 Å². The molecule has 2 heterocycles. The Bertz CT molecular complexity index is 552. The highest BCUT2D eigenvalue weighted by atomic mass is 32.2. The largest absolute Gasteiger partial charge is 0.289 e. The fourth-order valence-corrected chi connectivity index (χ4v) is 2.95. The minimum Gasteiger partial charge on any atom is -0.289 e. The van der Waals surface area contributed by atoms with Crippen LogP contribution in [0.4, 0.5) is 0 Å². The second-order valence-corrected chi connectivity index (χ2v) is 5.61. The maximum atomic E-state index is 11.2. The molecule has 0 spiro atoms. The Hall–Kier alpha value is -1.52. The minimum atomic E-state index is -0.449. The summed E-state index contributed by atoms with van der Waals surface area (Å²) in [7, 11) is 0. The average molecular weight is 299 g/mol. The van der Waals surface area contributed by atoms with Crippen molar-refractivity contribution >= 4 is 29.2 Å². The van der Waals surface area contributed by atoms with Gasteiger partial charge in [0.25, 0.3) is 5.91 Å². The van der Waals surface area contributed by atoms with Crippen LogP contribution in [-0.2, 0) is 13.0 Å². The van der Waals surface area contributed by atoms with E-state index in [4.69, 9.17) is 5.84 Å². The summed E-state index contributed by atoms with van der Waals surface area (Å²) in [5, 5.41) is 7.56. The van der Waals surface area contributed by atoms with E-state index in [1.165, 1.54) is 11.5 Å². The molecule has 2 aromatic rings. The number of hydrogen-bond acceptors (Lipinski definition) is 8. The van der Waals surface area contributed by atoms with E-state index >= 15 is 0 Å². The third-order valence-electron chi connectivity index (χ3n) is 2.21. The summed E-state index contributed by atoms with van der Waals surface area (Å²) in [5.74, 6) is 6.22. The third-order valence-corrected chi connectivity index (χ3v) is 4.07. The maximum Gasteiger partial charge on any atom is 0.287 e. The van der Waals surface area contributed by atoms with Crippen molar-refractivity contribution in [3.63, 3.8) is 0 Å². The summed E-state index contributed by atoms with van der Waals surface area (Å²) < 4.78 is 6.74. The van der Waals surface area contributed by atoms with Gasteiger partial charge < -0.3 is 0 Å². The number of amides is 1. The Labute approximate surface area is 117 Å². The molecule has 0 fully saturated rings. The van der Waals surface area contributed by atoms with Gasteiger partial charge in [-0.25, -0.2) is 10.8 Å². The predicted octanol–water partition coefficient (Wildman–Crippen LogP) is 0.0878. The molecule has 3 N–H and O–H groups in total. The molecular weight excluding hydrogens is 286 g/mol. The highest BCUT2D eigenvalue weighted by Crippen LogP contribution is 2.20. The molecule has 1 amide bonds. The number of nitrogens with two attached hydrogens (primary N) is 1. The lowest BCUT2D eigenvalue weighted by atomic mass is 10.5. The molecule has 0 saturated carbocycles. The number of thioether (sulfide) groups is 1. The molecule has 0 saturated heterocycles. The van der Waals surface area contributed by atoms with Gasteiger partial charge >= 0.3 is 0 Å². The fourth-order valence-electron chi connectivity index (χ4n) is 1.25. The van der Waals surface area contributed by atoms with Crippen molar-refractivity contribution in [1.29, 1.82) is 0 Å². The van der Waals surface area contributed by atoms with Gasteiger partial charge in [0.1, 0.15) is 5.82 Å². The van der Waals surface area contributed by atoms with Crippen LogP contribution in [0.2, 0.25) is 0 Å². The van der Waals surface area contributed by atoms with Crippen LogP contribution >= 0.6 is 23.3 Å². The molecule has 0 aromatic carbocycles. The molecule has 2 rings (SSSR count). The van der Waals surface area contributed by atoms with Gasteiger partial charge in [0, 0.05) is 12.2 Å². The van der Waals surface area contributed by atoms with Crippen molar-refractivity contribution in [2.75, 3.05) is 5.75 Å². The van der Waals surface area contributed by atoms with Crippen LogP contribution < -0.4 is 11.3 Å². The van der Waals surface area contributed by atoms with E-state index in [1.807, 2.05) is 12.3 Å². The summed E-state index contributed by atoms with van der Waals surface area (Å²) in [5.41, 5.74) is 2.21. The highest BCUT2D eigenvalue weighted by Gasteiger charge is 2.09. The topological polar surface area (TPSA) is 112 Å². The second-order valence-electron chi connectivity index (χ2n) is 3.52. The van der Waals surface area contributed by atoms with Crippen LogP contribution in [0, 0.1) is 0 Å². The monoisotopic (exact) mass is 299 g/mol. The molecule has 8 nitrogen and oxygen atoms in total. The van der Waals surface area contributed by atoms with Crippen molar-refractivity contribution in [2.45, 2.75) is 24.2 Å². The first-order valence-electron chi connectivity index (χ1n) is 5.59. The summed E-state index contributed by atoms with van der Waals surface area (Å²) in [6.07, 6.45) is 2.40. The Morgan fingerprint density at radius 1 is 1.63 bits per heavy atom. The number of rotatable bonds is 6. The highest BCUT2D eigenvalue weighted by molar-refractivity contribution is 8.00. The SMILES string of the molecule is CCc1nsc(SCCn2cc(C(=O)NN)nn2)n1. The summed E-state index contributed by atoms with van der Waals surface area (Å²) in [6.45, 7) is 2.66. The molecule has 0 atom stereocenters. The number of carbonyl (C=O) groups is 1. The van der Waals surface area contributed by atoms with Crippen molar-refractivity contribution in [3.05, 3.63) is 17.7 Å². The smallest absolute Gasteiger partial charge is 0.287 e. The number of hydrogen-bond donors (Lipinski definition) is 2. The lowest BCUT2D eigenvalue weighted by Gasteiger charge is -1.97. The molecular formula is C9H13N7OS2. The van der Waals surface area contributed by atoms with Gasteiger partial charge in [0.15, 0.2) is 10.0 Å². The summed E-state index contributed by atoms with van der Waals surface area (Å²) >= 11 is 3.00. The zero-order valence-electron chi connectivity index (χ0n) is 10.2. The molecule has 0 radical (unpaired) electrons. The quantitative estimate of drug-likeness (QED) is 0.336. The van der Waals surface area contributed by atoms with E-state index in [9.17, 15) is 4.79 Å². The number of nitrogen functional groups attached to an aromatic ring is 1. The predicted molar refractivity (Wildman–Crippen MR) is 71.7 cm³/mol. The molecule has 10 heteroatoms. The van der Waals surface area contributed by atoms with Gasteiger partial charge in [-0.1, -0.05) is 23.9 Å². The van der Waals surface area contributed by atoms with Crippen LogP contribution in [0.3, 0.4) is 0 Å². The number of hydrazine groups is 1. The average Bonchev–Trinajstić information content (AvgIpc) is 3.07. The van der Waals surface area contributed by atoms with E-state index in [1.54, 1.807) is 22.6 Å². The Morgan fingerprint density at radius 2 is 2.47 bits per heavy atom. The molecule has 2 aromatic heterocycles. The lowest BCUT2D eigenvalue weighted by Crippen LogP contribution is -2.30. The van der Waals surface area contributed by atoms with Crippen LogP contribution in [0.25, 0.3) is 0 Å². The van der Waals surface area contributed by atoms with Gasteiger partial charge in [-0.2, -0.15) is 4.37 Å². The molecule has 102 valence electrons. The van der Waals surface area contributed by atoms with Gasteiger partial charge in [-0.3, -0.25) is 14.9 Å². The molecule has 0 bridgehead atoms. The second kappa shape index (κ2) is 6.59. The number of carbonyl (C=O) groups excluding carboxylic acids is 1. The van der Waals surface area contributed by atoms with Crippen LogP contribution in [-0.4, -0.2) is 36.0 Å². The first kappa shape index (κ1) is 13.9. The molecule has 0 aliphatic carbocycles. The normalized spacial score (nSPS) is 10.6. The lowest BCUT2D eigenvalue weighted by molar-refractivity contribution is 0.0948. The standard InChI is InChI=1S/C9H13N7OS2/c1-2-7-11-9(19-14-7)18-4-3-16-5-6(13-15-16)8(17)12-10/h5H,2-4,10H2,1H3,(H,12,17). The minimum absolute atomic E-state index is 0.205. The van der Waals surface area contributed by atoms with Crippen molar-refractivity contribution in [1.82, 2.24) is 29.8 Å². The third kappa shape index (κ3) is 3.72. The van der Waals surface area contributed by atoms with Crippen molar-refractivity contribution < 1.29 is 4.79 Å². The van der Waals surface area contributed by atoms with E-state index in [0.717, 1.165) is 22.3 Å². The molecule has 19 heavy (non-hydrogen) atoms. The van der Waals surface area contributed by atoms with Gasteiger partial charge in [0.2, 0.25) is 0 Å². The van der Waals surface area contributed by atoms with E-state index in [0.29, 0.717) is 6.54 Å². The Kier molecular flexibility index (Phi) is 4.82. The van der Waals surface area contributed by atoms with E-state index < -0.39 is 5.91 Å². The Morgan fingerprint density at radius 3 is 3.16 bits per heavy atom. The zero-order chi connectivity index (χ0) is 13.7. The van der Waals surface area contributed by atoms with Gasteiger partial charge in [0.05, 0.1) is 12.7 Å². The summed E-state index contributed by atoms with van der Waals surface area (Å²) in [4.78, 5) is 15.5. The summed E-state index contributed by atoms with van der Waals surface area (Å²) in [6, 6.07) is 0. The number of nitrogens with one attached hydrogen (secondary N) is 1. The maximum absolute atomic E-state index is 11.2. The Balaban J connectivity index is 1.82. The van der Waals surface area contributed by atoms with Crippen LogP contribution in [0.15, 0.2) is 10.5 Å². The van der Waals surface area contributed by atoms with E-state index in [-0.39, 0.29) is 5.69 Å². The first-order valence-corrected chi connectivity index (χ1v) is 7.35. The molecule has 0 aliphatic heterocycles. The van der Waals surface area contributed by atoms with Crippen molar-refractivity contribution in [2.24, 2.45) is 5.84 Å². The molecule has 0 aliphatic rings. The molecule has 0 unspecified atom stereocenters. The van der Waals surface area contributed by atoms with Gasteiger partial charge in [-0.05, 0) is 11.5 Å². The first-order chi connectivity index (χ1) is 9.22. The van der Waals surface area contributed by atoms with Crippen LogP contribution in [0.5, 0.6) is 0 Å². The van der Waals surface area contributed by atoms with Crippen LogP contribution in [0.1, 0.15) is 23.2 Å². The fraction of sp³-hybridized carbons (Fsp3) is 0.444. The van der Waals surface area contributed by atoms with Gasteiger partial charge in [-0.15, -0.1) is 5.10 Å². The number of nitrogens with zero attached hydrogens (tertiary/aromatic N) is 5. The number of aromatic nitrogens is 5. The van der Waals surface area contributed by atoms with E-state index in [2.05, 4.69) is 19.7 Å². The number of aryl methyl sites for hydroxylation is 2. The zero-order valence-corrected chi connectivity index (χ0v) is 11.9.